The van der Waals surface area contributed by atoms with Crippen LogP contribution >= 0.6 is 24.0 Å². The van der Waals surface area contributed by atoms with Crippen molar-refractivity contribution < 1.29 is 8.42 Å². The van der Waals surface area contributed by atoms with Gasteiger partial charge in [0, 0.05) is 17.1 Å². The summed E-state index contributed by atoms with van der Waals surface area (Å²) < 4.78 is 27.6. The molecule has 0 saturated heterocycles. The van der Waals surface area contributed by atoms with E-state index in [1.165, 1.54) is 6.07 Å². The molecule has 1 fully saturated rings. The monoisotopic (exact) mass is 338 g/mol. The van der Waals surface area contributed by atoms with Crippen molar-refractivity contribution in [3.8, 4) is 0 Å². The van der Waals surface area contributed by atoms with Gasteiger partial charge in [0.2, 0.25) is 10.0 Å². The first-order valence-corrected chi connectivity index (χ1v) is 8.25. The predicted octanol–water partition coefficient (Wildman–Crippen LogP) is 2.62. The van der Waals surface area contributed by atoms with Crippen LogP contribution < -0.4 is 10.5 Å². The molecule has 0 amide bonds. The zero-order valence-corrected chi connectivity index (χ0v) is 13.7. The van der Waals surface area contributed by atoms with Crippen LogP contribution in [-0.2, 0) is 10.0 Å². The molecule has 0 aromatic heterocycles. The van der Waals surface area contributed by atoms with Crippen LogP contribution in [0, 0.1) is 6.92 Å². The highest BCUT2D eigenvalue weighted by atomic mass is 35.5. The minimum atomic E-state index is -3.57. The number of benzene rings is 1. The standard InChI is InChI=1S/C13H19ClN2O2S.ClH/c1-10-4-5-11(8-12(10)14)19(17,18)16-13(9-15)6-2-3-7-13;/h4-5,8,16H,2-3,6-7,9,15H2,1H3;1H. The highest BCUT2D eigenvalue weighted by molar-refractivity contribution is 7.89. The Bertz CT molecular complexity index is 570. The molecule has 0 atom stereocenters. The fraction of sp³-hybridized carbons (Fsp3) is 0.538. The van der Waals surface area contributed by atoms with E-state index in [4.69, 9.17) is 17.3 Å². The van der Waals surface area contributed by atoms with E-state index in [9.17, 15) is 8.42 Å². The van der Waals surface area contributed by atoms with Gasteiger partial charge in [0.15, 0.2) is 0 Å². The lowest BCUT2D eigenvalue weighted by molar-refractivity contribution is 0.399. The molecule has 1 aliphatic rings. The SMILES string of the molecule is Cc1ccc(S(=O)(=O)NC2(CN)CCCC2)cc1Cl.Cl. The normalized spacial score (nSPS) is 17.8. The molecule has 1 aliphatic carbocycles. The summed E-state index contributed by atoms with van der Waals surface area (Å²) in [4.78, 5) is 0.197. The first-order chi connectivity index (χ1) is 8.88. The molecule has 0 unspecified atom stereocenters. The van der Waals surface area contributed by atoms with E-state index in [-0.39, 0.29) is 17.3 Å². The highest BCUT2D eigenvalue weighted by Gasteiger charge is 2.36. The van der Waals surface area contributed by atoms with Crippen molar-refractivity contribution in [1.29, 1.82) is 0 Å². The van der Waals surface area contributed by atoms with E-state index in [1.807, 2.05) is 6.92 Å². The second-order valence-electron chi connectivity index (χ2n) is 5.21. The molecule has 7 heteroatoms. The van der Waals surface area contributed by atoms with Gasteiger partial charge in [-0.2, -0.15) is 0 Å². The molecule has 0 radical (unpaired) electrons. The largest absolute Gasteiger partial charge is 0.329 e. The van der Waals surface area contributed by atoms with Crippen molar-refractivity contribution in [2.45, 2.75) is 43.0 Å². The smallest absolute Gasteiger partial charge is 0.241 e. The zero-order valence-electron chi connectivity index (χ0n) is 11.4. The van der Waals surface area contributed by atoms with E-state index in [1.54, 1.807) is 12.1 Å². The number of halogens is 2. The van der Waals surface area contributed by atoms with Gasteiger partial charge in [-0.1, -0.05) is 30.5 Å². The molecule has 0 heterocycles. The molecule has 3 N–H and O–H groups in total. The zero-order chi connectivity index (χ0) is 14.1. The van der Waals surface area contributed by atoms with E-state index in [0.717, 1.165) is 31.2 Å². The lowest BCUT2D eigenvalue weighted by Crippen LogP contribution is -2.51. The molecule has 0 aliphatic heterocycles. The van der Waals surface area contributed by atoms with Crippen molar-refractivity contribution >= 4 is 34.0 Å². The van der Waals surface area contributed by atoms with Crippen LogP contribution in [0.4, 0.5) is 0 Å². The first-order valence-electron chi connectivity index (χ1n) is 6.39. The second-order valence-corrected chi connectivity index (χ2v) is 7.30. The van der Waals surface area contributed by atoms with Gasteiger partial charge in [-0.3, -0.25) is 0 Å². The summed E-state index contributed by atoms with van der Waals surface area (Å²) in [7, 11) is -3.57. The average molecular weight is 339 g/mol. The molecule has 20 heavy (non-hydrogen) atoms. The Kier molecular flexibility index (Phi) is 5.87. The summed E-state index contributed by atoms with van der Waals surface area (Å²) >= 11 is 5.99. The first kappa shape index (κ1) is 17.7. The summed E-state index contributed by atoms with van der Waals surface area (Å²) in [5.41, 5.74) is 6.12. The van der Waals surface area contributed by atoms with Gasteiger partial charge in [0.1, 0.15) is 0 Å². The van der Waals surface area contributed by atoms with E-state index >= 15 is 0 Å². The fourth-order valence-electron chi connectivity index (χ4n) is 2.48. The van der Waals surface area contributed by atoms with Gasteiger partial charge >= 0.3 is 0 Å². The topological polar surface area (TPSA) is 72.2 Å². The Labute approximate surface area is 131 Å². The summed E-state index contributed by atoms with van der Waals surface area (Å²) in [6, 6.07) is 4.77. The van der Waals surface area contributed by atoms with Crippen LogP contribution in [0.15, 0.2) is 23.1 Å². The molecule has 1 aromatic rings. The number of nitrogens with two attached hydrogens (primary N) is 1. The maximum atomic E-state index is 12.4. The van der Waals surface area contributed by atoms with E-state index in [0.29, 0.717) is 11.6 Å². The highest BCUT2D eigenvalue weighted by Crippen LogP contribution is 2.31. The second kappa shape index (κ2) is 6.62. The van der Waals surface area contributed by atoms with Gasteiger partial charge in [0.25, 0.3) is 0 Å². The van der Waals surface area contributed by atoms with Gasteiger partial charge in [0.05, 0.1) is 4.90 Å². The molecule has 2 rings (SSSR count). The number of aryl methyl sites for hydroxylation is 1. The van der Waals surface area contributed by atoms with Gasteiger partial charge in [-0.15, -0.1) is 12.4 Å². The Hall–Kier alpha value is -0.330. The van der Waals surface area contributed by atoms with Crippen molar-refractivity contribution in [2.24, 2.45) is 5.73 Å². The summed E-state index contributed by atoms with van der Waals surface area (Å²) in [5, 5.41) is 0.455. The summed E-state index contributed by atoms with van der Waals surface area (Å²) in [5.74, 6) is 0. The third kappa shape index (κ3) is 3.65. The maximum Gasteiger partial charge on any atom is 0.241 e. The van der Waals surface area contributed by atoms with Gasteiger partial charge < -0.3 is 5.73 Å². The minimum absolute atomic E-state index is 0. The average Bonchev–Trinajstić information content (AvgIpc) is 2.81. The molecule has 114 valence electrons. The Morgan fingerprint density at radius 2 is 1.95 bits per heavy atom. The van der Waals surface area contributed by atoms with Crippen molar-refractivity contribution in [3.63, 3.8) is 0 Å². The third-order valence-electron chi connectivity index (χ3n) is 3.76. The van der Waals surface area contributed by atoms with Gasteiger partial charge in [-0.05, 0) is 37.5 Å². The quantitative estimate of drug-likeness (QED) is 0.886. The summed E-state index contributed by atoms with van der Waals surface area (Å²) in [6.45, 7) is 2.16. The van der Waals surface area contributed by atoms with Crippen molar-refractivity contribution in [2.75, 3.05) is 6.54 Å². The minimum Gasteiger partial charge on any atom is -0.329 e. The maximum absolute atomic E-state index is 12.4. The molecular weight excluding hydrogens is 319 g/mol. The number of rotatable bonds is 4. The number of hydrogen-bond acceptors (Lipinski definition) is 3. The van der Waals surface area contributed by atoms with Crippen molar-refractivity contribution in [1.82, 2.24) is 4.72 Å². The molecular formula is C13H20Cl2N2O2S. The van der Waals surface area contributed by atoms with Crippen LogP contribution in [0.5, 0.6) is 0 Å². The molecule has 0 spiro atoms. The third-order valence-corrected chi connectivity index (χ3v) is 5.74. The molecule has 4 nitrogen and oxygen atoms in total. The van der Waals surface area contributed by atoms with E-state index in [2.05, 4.69) is 4.72 Å². The summed E-state index contributed by atoms with van der Waals surface area (Å²) in [6.07, 6.45) is 3.60. The van der Waals surface area contributed by atoms with Crippen LogP contribution in [0.25, 0.3) is 0 Å². The number of nitrogens with one attached hydrogen (secondary N) is 1. The molecule has 0 bridgehead atoms. The van der Waals surface area contributed by atoms with Crippen LogP contribution in [0.1, 0.15) is 31.2 Å². The molecule has 1 saturated carbocycles. The number of sulfonamides is 1. The lowest BCUT2D eigenvalue weighted by Gasteiger charge is -2.28. The molecule has 1 aromatic carbocycles. The Balaban J connectivity index is 0.00000200. The Morgan fingerprint density at radius 1 is 1.35 bits per heavy atom. The fourth-order valence-corrected chi connectivity index (χ4v) is 4.23. The van der Waals surface area contributed by atoms with Crippen LogP contribution in [0.2, 0.25) is 5.02 Å². The van der Waals surface area contributed by atoms with Gasteiger partial charge in [-0.25, -0.2) is 13.1 Å². The van der Waals surface area contributed by atoms with E-state index < -0.39 is 15.6 Å². The van der Waals surface area contributed by atoms with Crippen LogP contribution in [0.3, 0.4) is 0 Å². The Morgan fingerprint density at radius 3 is 2.45 bits per heavy atom. The van der Waals surface area contributed by atoms with Crippen LogP contribution in [-0.4, -0.2) is 20.5 Å². The van der Waals surface area contributed by atoms with Crippen molar-refractivity contribution in [3.05, 3.63) is 28.8 Å². The number of hydrogen-bond donors (Lipinski definition) is 2. The lowest BCUT2D eigenvalue weighted by atomic mass is 10.0. The predicted molar refractivity (Wildman–Crippen MR) is 84.0 cm³/mol.